The molecule has 2 aliphatic rings. The lowest BCUT2D eigenvalue weighted by Crippen LogP contribution is -2.69. The third-order valence-electron chi connectivity index (χ3n) is 6.62. The Morgan fingerprint density at radius 3 is 2.44 bits per heavy atom. The van der Waals surface area contributed by atoms with Crippen LogP contribution >= 0.6 is 15.9 Å². The SMILES string of the molecule is COc1ccc(NC(=O)N2CCCCN3[C@H](CN(C)C)[C@H](c4ccc(Br)cc4)[C@@H]3C2)cc1. The van der Waals surface area contributed by atoms with Gasteiger partial charge in [0.05, 0.1) is 7.11 Å². The van der Waals surface area contributed by atoms with Gasteiger partial charge in [-0.05, 0) is 75.4 Å². The van der Waals surface area contributed by atoms with Crippen molar-refractivity contribution < 1.29 is 9.53 Å². The van der Waals surface area contributed by atoms with E-state index in [1.54, 1.807) is 7.11 Å². The minimum atomic E-state index is -0.0253. The first-order valence-electron chi connectivity index (χ1n) is 11.3. The van der Waals surface area contributed by atoms with Crippen LogP contribution in [0.5, 0.6) is 5.75 Å². The fourth-order valence-electron chi connectivity index (χ4n) is 5.06. The van der Waals surface area contributed by atoms with Crippen LogP contribution in [0.15, 0.2) is 53.0 Å². The molecule has 2 aliphatic heterocycles. The number of halogens is 1. The predicted molar refractivity (Wildman–Crippen MR) is 133 cm³/mol. The molecule has 0 aromatic heterocycles. The highest BCUT2D eigenvalue weighted by Gasteiger charge is 2.49. The standard InChI is InChI=1S/C25H33BrN4O2/c1-28(2)16-22-24(18-6-8-19(26)9-7-18)23-17-29(14-4-5-15-30(22)23)25(31)27-20-10-12-21(32-3)13-11-20/h6-13,22-24H,4-5,14-17H2,1-3H3,(H,27,31)/t22-,23+,24+/m1/s1. The van der Waals surface area contributed by atoms with E-state index in [-0.39, 0.29) is 6.03 Å². The van der Waals surface area contributed by atoms with Gasteiger partial charge >= 0.3 is 6.03 Å². The van der Waals surface area contributed by atoms with Gasteiger partial charge in [0.1, 0.15) is 5.75 Å². The molecule has 1 N–H and O–H groups in total. The molecule has 0 radical (unpaired) electrons. The predicted octanol–water partition coefficient (Wildman–Crippen LogP) is 4.48. The Morgan fingerprint density at radius 1 is 1.09 bits per heavy atom. The number of nitrogens with zero attached hydrogens (tertiary/aromatic N) is 3. The van der Waals surface area contributed by atoms with E-state index in [1.165, 1.54) is 5.56 Å². The van der Waals surface area contributed by atoms with Crippen molar-refractivity contribution in [1.82, 2.24) is 14.7 Å². The van der Waals surface area contributed by atoms with Crippen molar-refractivity contribution in [2.75, 3.05) is 52.7 Å². The van der Waals surface area contributed by atoms with Gasteiger partial charge < -0.3 is 19.9 Å². The molecule has 32 heavy (non-hydrogen) atoms. The van der Waals surface area contributed by atoms with Gasteiger partial charge in [-0.15, -0.1) is 0 Å². The molecule has 0 spiro atoms. The van der Waals surface area contributed by atoms with Crippen molar-refractivity contribution in [1.29, 1.82) is 0 Å². The third kappa shape index (κ3) is 5.11. The largest absolute Gasteiger partial charge is 0.497 e. The maximum atomic E-state index is 13.2. The van der Waals surface area contributed by atoms with E-state index in [9.17, 15) is 4.79 Å². The summed E-state index contributed by atoms with van der Waals surface area (Å²) in [5.74, 6) is 1.20. The number of carbonyl (C=O) groups is 1. The van der Waals surface area contributed by atoms with Crippen molar-refractivity contribution in [2.24, 2.45) is 0 Å². The number of anilines is 1. The van der Waals surface area contributed by atoms with Gasteiger partial charge in [0.2, 0.25) is 0 Å². The second-order valence-corrected chi connectivity index (χ2v) is 9.94. The summed E-state index contributed by atoms with van der Waals surface area (Å²) < 4.78 is 6.31. The Morgan fingerprint density at radius 2 is 1.78 bits per heavy atom. The first-order valence-corrected chi connectivity index (χ1v) is 12.1. The van der Waals surface area contributed by atoms with Crippen LogP contribution in [0, 0.1) is 0 Å². The van der Waals surface area contributed by atoms with Crippen molar-refractivity contribution in [2.45, 2.75) is 30.8 Å². The van der Waals surface area contributed by atoms with Crippen LogP contribution in [0.2, 0.25) is 0 Å². The van der Waals surface area contributed by atoms with Crippen LogP contribution in [0.3, 0.4) is 0 Å². The molecule has 0 bridgehead atoms. The zero-order valence-corrected chi connectivity index (χ0v) is 20.7. The van der Waals surface area contributed by atoms with Gasteiger partial charge in [0, 0.05) is 47.8 Å². The van der Waals surface area contributed by atoms with E-state index in [0.29, 0.717) is 18.0 Å². The molecule has 2 heterocycles. The molecule has 3 atom stereocenters. The number of hydrogen-bond acceptors (Lipinski definition) is 4. The molecule has 2 aromatic rings. The van der Waals surface area contributed by atoms with E-state index in [1.807, 2.05) is 29.2 Å². The van der Waals surface area contributed by atoms with Crippen LogP contribution in [-0.2, 0) is 0 Å². The van der Waals surface area contributed by atoms with Gasteiger partial charge in [-0.3, -0.25) is 4.90 Å². The van der Waals surface area contributed by atoms with Gasteiger partial charge in [-0.1, -0.05) is 28.1 Å². The zero-order chi connectivity index (χ0) is 22.7. The Balaban J connectivity index is 1.52. The molecule has 4 rings (SSSR count). The number of rotatable bonds is 5. The van der Waals surface area contributed by atoms with Crippen LogP contribution in [-0.4, -0.2) is 80.2 Å². The molecule has 0 aliphatic carbocycles. The number of ether oxygens (including phenoxy) is 1. The maximum Gasteiger partial charge on any atom is 0.321 e. The molecule has 2 amide bonds. The number of carbonyl (C=O) groups excluding carboxylic acids is 1. The number of fused-ring (bicyclic) bond motifs is 1. The zero-order valence-electron chi connectivity index (χ0n) is 19.1. The first kappa shape index (κ1) is 23.1. The van der Waals surface area contributed by atoms with Crippen molar-refractivity contribution in [3.05, 3.63) is 58.6 Å². The normalized spacial score (nSPS) is 23.7. The molecule has 172 valence electrons. The molecule has 6 nitrogen and oxygen atoms in total. The summed E-state index contributed by atoms with van der Waals surface area (Å²) in [7, 11) is 5.93. The summed E-state index contributed by atoms with van der Waals surface area (Å²) in [6.45, 7) is 3.66. The van der Waals surface area contributed by atoms with Crippen molar-refractivity contribution in [3.8, 4) is 5.75 Å². The van der Waals surface area contributed by atoms with E-state index in [0.717, 1.165) is 54.9 Å². The fourth-order valence-corrected chi connectivity index (χ4v) is 5.33. The number of hydrogen-bond donors (Lipinski definition) is 1. The molecule has 2 fully saturated rings. The molecular weight excluding hydrogens is 468 g/mol. The highest BCUT2D eigenvalue weighted by molar-refractivity contribution is 9.10. The summed E-state index contributed by atoms with van der Waals surface area (Å²) in [6, 6.07) is 17.0. The molecule has 7 heteroatoms. The third-order valence-corrected chi connectivity index (χ3v) is 7.15. The second kappa shape index (κ2) is 10.2. The van der Waals surface area contributed by atoms with E-state index < -0.39 is 0 Å². The minimum absolute atomic E-state index is 0.0253. The van der Waals surface area contributed by atoms with Gasteiger partial charge in [-0.25, -0.2) is 4.79 Å². The smallest absolute Gasteiger partial charge is 0.321 e. The Labute approximate surface area is 199 Å². The monoisotopic (exact) mass is 500 g/mol. The van der Waals surface area contributed by atoms with Crippen LogP contribution in [0.4, 0.5) is 10.5 Å². The summed E-state index contributed by atoms with van der Waals surface area (Å²) in [5, 5.41) is 3.07. The van der Waals surface area contributed by atoms with E-state index >= 15 is 0 Å². The lowest BCUT2D eigenvalue weighted by Gasteiger charge is -2.58. The molecule has 2 saturated heterocycles. The molecule has 0 unspecified atom stereocenters. The summed E-state index contributed by atoms with van der Waals surface area (Å²) in [5.41, 5.74) is 2.15. The van der Waals surface area contributed by atoms with Crippen LogP contribution < -0.4 is 10.1 Å². The number of methoxy groups -OCH3 is 1. The quantitative estimate of drug-likeness (QED) is 0.657. The maximum absolute atomic E-state index is 13.2. The summed E-state index contributed by atoms with van der Waals surface area (Å²) >= 11 is 3.56. The Bertz CT molecular complexity index is 903. The number of benzene rings is 2. The fraction of sp³-hybridized carbons (Fsp3) is 0.480. The van der Waals surface area contributed by atoms with Crippen molar-refractivity contribution in [3.63, 3.8) is 0 Å². The Kier molecular flexibility index (Phi) is 7.38. The van der Waals surface area contributed by atoms with Gasteiger partial charge in [-0.2, -0.15) is 0 Å². The molecular formula is C25H33BrN4O2. The number of nitrogens with one attached hydrogen (secondary N) is 1. The summed E-state index contributed by atoms with van der Waals surface area (Å²) in [4.78, 5) is 20.1. The number of urea groups is 1. The van der Waals surface area contributed by atoms with Crippen LogP contribution in [0.25, 0.3) is 0 Å². The lowest BCUT2D eigenvalue weighted by molar-refractivity contribution is -0.0447. The topological polar surface area (TPSA) is 48.1 Å². The lowest BCUT2D eigenvalue weighted by atomic mass is 9.74. The first-order chi connectivity index (χ1) is 15.5. The average Bonchev–Trinajstić information content (AvgIpc) is 2.76. The highest BCUT2D eigenvalue weighted by atomic mass is 79.9. The minimum Gasteiger partial charge on any atom is -0.497 e. The highest BCUT2D eigenvalue weighted by Crippen LogP contribution is 2.42. The number of amides is 2. The molecule has 0 saturated carbocycles. The van der Waals surface area contributed by atoms with Gasteiger partial charge in [0.25, 0.3) is 0 Å². The Hall–Kier alpha value is -2.09. The van der Waals surface area contributed by atoms with Crippen molar-refractivity contribution >= 4 is 27.6 Å². The van der Waals surface area contributed by atoms with Gasteiger partial charge in [0.15, 0.2) is 0 Å². The van der Waals surface area contributed by atoms with E-state index in [2.05, 4.69) is 69.4 Å². The average molecular weight is 501 g/mol. The molecule has 2 aromatic carbocycles. The van der Waals surface area contributed by atoms with E-state index in [4.69, 9.17) is 4.74 Å². The number of likely N-dealkylation sites (N-methyl/N-ethyl adjacent to an activating group) is 1. The van der Waals surface area contributed by atoms with Crippen LogP contribution in [0.1, 0.15) is 24.3 Å². The second-order valence-electron chi connectivity index (χ2n) is 9.02. The summed E-state index contributed by atoms with van der Waals surface area (Å²) in [6.07, 6.45) is 2.14.